The predicted molar refractivity (Wildman–Crippen MR) is 149 cm³/mol. The molecule has 4 heterocycles. The van der Waals surface area contributed by atoms with Crippen molar-refractivity contribution in [1.29, 1.82) is 0 Å². The van der Waals surface area contributed by atoms with E-state index in [0.29, 0.717) is 49.3 Å². The minimum Gasteiger partial charge on any atom is -0.464 e. The van der Waals surface area contributed by atoms with Crippen LogP contribution in [-0.2, 0) is 33.8 Å². The van der Waals surface area contributed by atoms with Crippen LogP contribution in [0.25, 0.3) is 11.0 Å². The van der Waals surface area contributed by atoms with Crippen LogP contribution < -0.4 is 10.6 Å². The number of aryl methyl sites for hydroxylation is 3. The largest absolute Gasteiger partial charge is 0.464 e. The molecule has 0 spiro atoms. The van der Waals surface area contributed by atoms with Crippen LogP contribution in [0.3, 0.4) is 0 Å². The van der Waals surface area contributed by atoms with Crippen LogP contribution in [0.5, 0.6) is 0 Å². The van der Waals surface area contributed by atoms with Gasteiger partial charge in [0.1, 0.15) is 5.65 Å². The topological polar surface area (TPSA) is 112 Å². The van der Waals surface area contributed by atoms with Gasteiger partial charge in [-0.25, -0.2) is 9.78 Å². The van der Waals surface area contributed by atoms with Gasteiger partial charge in [0.05, 0.1) is 37.2 Å². The first-order valence-corrected chi connectivity index (χ1v) is 13.3. The van der Waals surface area contributed by atoms with E-state index >= 15 is 0 Å². The quantitative estimate of drug-likeness (QED) is 0.281. The van der Waals surface area contributed by atoms with Gasteiger partial charge in [0.2, 0.25) is 5.91 Å². The summed E-state index contributed by atoms with van der Waals surface area (Å²) in [5.74, 6) is -0.971. The number of nitrogens with zero attached hydrogens (tertiary/aromatic N) is 4. The van der Waals surface area contributed by atoms with Gasteiger partial charge in [-0.2, -0.15) is 5.10 Å². The van der Waals surface area contributed by atoms with Crippen molar-refractivity contribution in [1.82, 2.24) is 19.3 Å². The number of ether oxygens (including phenoxy) is 2. The Labute approximate surface area is 227 Å². The molecule has 10 nitrogen and oxygen atoms in total. The Kier molecular flexibility index (Phi) is 8.21. The maximum atomic E-state index is 13.2. The second-order valence-corrected chi connectivity index (χ2v) is 9.85. The lowest BCUT2D eigenvalue weighted by Gasteiger charge is -2.15. The molecule has 4 aromatic rings. The number of hydrogen-bond acceptors (Lipinski definition) is 7. The van der Waals surface area contributed by atoms with Gasteiger partial charge in [-0.1, -0.05) is 30.3 Å². The standard InChI is InChI=1S/C29H34N6O4/c1-20(9-14-34-13-6-12-31-34)32-23-17-24-25(33-28(36)22-11-16-39-19-22)26(29(37)38-2)35(27(24)30-18-23)15-10-21-7-4-3-5-8-21/h3-8,12-13,17-18,20,22,32H,9-11,14-16,19H2,1-2H3,(H,33,36)/t20-,22-/m0/s1. The first-order chi connectivity index (χ1) is 19.0. The first-order valence-electron chi connectivity index (χ1n) is 13.3. The van der Waals surface area contributed by atoms with Gasteiger partial charge in [0.15, 0.2) is 5.69 Å². The fourth-order valence-electron chi connectivity index (χ4n) is 4.92. The van der Waals surface area contributed by atoms with Crippen LogP contribution in [-0.4, -0.2) is 57.6 Å². The molecule has 1 saturated heterocycles. The molecule has 1 aliphatic rings. The van der Waals surface area contributed by atoms with Crippen LogP contribution in [0.4, 0.5) is 11.4 Å². The van der Waals surface area contributed by atoms with Crippen molar-refractivity contribution < 1.29 is 19.1 Å². The van der Waals surface area contributed by atoms with Crippen LogP contribution in [0.2, 0.25) is 0 Å². The van der Waals surface area contributed by atoms with E-state index in [9.17, 15) is 9.59 Å². The highest BCUT2D eigenvalue weighted by atomic mass is 16.5. The number of carbonyl (C=O) groups is 2. The molecule has 39 heavy (non-hydrogen) atoms. The van der Waals surface area contributed by atoms with Crippen molar-refractivity contribution in [2.24, 2.45) is 5.92 Å². The molecule has 204 valence electrons. The lowest BCUT2D eigenvalue weighted by atomic mass is 10.1. The molecule has 0 radical (unpaired) electrons. The Balaban J connectivity index is 1.49. The average Bonchev–Trinajstić information content (AvgIpc) is 3.73. The number of amides is 1. The van der Waals surface area contributed by atoms with E-state index in [0.717, 1.165) is 24.2 Å². The third kappa shape index (κ3) is 6.12. The molecule has 0 unspecified atom stereocenters. The van der Waals surface area contributed by atoms with Crippen molar-refractivity contribution in [3.05, 3.63) is 72.3 Å². The summed E-state index contributed by atoms with van der Waals surface area (Å²) in [7, 11) is 1.35. The lowest BCUT2D eigenvalue weighted by Crippen LogP contribution is -2.24. The Morgan fingerprint density at radius 2 is 2.05 bits per heavy atom. The fraction of sp³-hybridized carbons (Fsp3) is 0.379. The smallest absolute Gasteiger partial charge is 0.356 e. The van der Waals surface area contributed by atoms with E-state index in [-0.39, 0.29) is 23.6 Å². The molecule has 1 amide bonds. The Hall–Kier alpha value is -4.18. The van der Waals surface area contributed by atoms with Crippen molar-refractivity contribution in [2.75, 3.05) is 31.0 Å². The monoisotopic (exact) mass is 530 g/mol. The van der Waals surface area contributed by atoms with Crippen molar-refractivity contribution in [3.63, 3.8) is 0 Å². The second kappa shape index (κ2) is 12.1. The third-order valence-electron chi connectivity index (χ3n) is 7.06. The van der Waals surface area contributed by atoms with Crippen molar-refractivity contribution >= 4 is 34.3 Å². The van der Waals surface area contributed by atoms with Gasteiger partial charge < -0.3 is 24.7 Å². The second-order valence-electron chi connectivity index (χ2n) is 9.85. The first kappa shape index (κ1) is 26.4. The highest BCUT2D eigenvalue weighted by Gasteiger charge is 2.30. The Morgan fingerprint density at radius 3 is 2.77 bits per heavy atom. The number of pyridine rings is 1. The molecule has 0 aliphatic carbocycles. The minimum atomic E-state index is -0.527. The van der Waals surface area contributed by atoms with Crippen molar-refractivity contribution in [2.45, 2.75) is 45.3 Å². The average molecular weight is 531 g/mol. The molecule has 5 rings (SSSR count). The van der Waals surface area contributed by atoms with Crippen LogP contribution in [0.15, 0.2) is 61.1 Å². The molecule has 1 fully saturated rings. The summed E-state index contributed by atoms with van der Waals surface area (Å²) >= 11 is 0. The van der Waals surface area contributed by atoms with E-state index in [2.05, 4.69) is 22.7 Å². The van der Waals surface area contributed by atoms with Crippen molar-refractivity contribution in [3.8, 4) is 0 Å². The zero-order chi connectivity index (χ0) is 27.2. The summed E-state index contributed by atoms with van der Waals surface area (Å²) in [6, 6.07) is 14.0. The molecule has 1 aromatic carbocycles. The summed E-state index contributed by atoms with van der Waals surface area (Å²) < 4.78 is 14.3. The number of esters is 1. The zero-order valence-electron chi connectivity index (χ0n) is 22.3. The van der Waals surface area contributed by atoms with Gasteiger partial charge in [-0.05, 0) is 43.9 Å². The number of aromatic nitrogens is 4. The van der Waals surface area contributed by atoms with E-state index < -0.39 is 5.97 Å². The molecule has 2 N–H and O–H groups in total. The lowest BCUT2D eigenvalue weighted by molar-refractivity contribution is -0.119. The van der Waals surface area contributed by atoms with Gasteiger partial charge in [0.25, 0.3) is 0 Å². The highest BCUT2D eigenvalue weighted by Crippen LogP contribution is 2.34. The van der Waals surface area contributed by atoms with Gasteiger partial charge >= 0.3 is 5.97 Å². The number of fused-ring (bicyclic) bond motifs is 1. The maximum absolute atomic E-state index is 13.2. The number of methoxy groups -OCH3 is 1. The summed E-state index contributed by atoms with van der Waals surface area (Å²) in [5.41, 5.74) is 3.24. The molecule has 10 heteroatoms. The SMILES string of the molecule is COC(=O)c1c(NC(=O)[C@H]2CCOC2)c2cc(N[C@@H](C)CCn3cccn3)cnc2n1CCc1ccccc1. The van der Waals surface area contributed by atoms with Gasteiger partial charge in [-0.3, -0.25) is 9.48 Å². The minimum absolute atomic E-state index is 0.141. The molecule has 2 atom stereocenters. The molecular weight excluding hydrogens is 496 g/mol. The predicted octanol–water partition coefficient (Wildman–Crippen LogP) is 4.13. The molecule has 0 saturated carbocycles. The Bertz CT molecular complexity index is 1410. The third-order valence-corrected chi connectivity index (χ3v) is 7.06. The van der Waals surface area contributed by atoms with Crippen LogP contribution in [0, 0.1) is 5.92 Å². The van der Waals surface area contributed by atoms with E-state index in [1.807, 2.05) is 57.9 Å². The summed E-state index contributed by atoms with van der Waals surface area (Å²) in [6.45, 7) is 4.29. The van der Waals surface area contributed by atoms with Gasteiger partial charge in [0, 0.05) is 43.5 Å². The number of rotatable bonds is 11. The highest BCUT2D eigenvalue weighted by molar-refractivity contribution is 6.11. The molecule has 1 aliphatic heterocycles. The maximum Gasteiger partial charge on any atom is 0.356 e. The summed E-state index contributed by atoms with van der Waals surface area (Å²) in [6.07, 6.45) is 7.66. The number of nitrogens with one attached hydrogen (secondary N) is 2. The van der Waals surface area contributed by atoms with Crippen LogP contribution in [0.1, 0.15) is 35.8 Å². The number of hydrogen-bond donors (Lipinski definition) is 2. The molecular formula is C29H34N6O4. The Morgan fingerprint density at radius 1 is 1.21 bits per heavy atom. The molecule has 3 aromatic heterocycles. The summed E-state index contributed by atoms with van der Waals surface area (Å²) in [5, 5.41) is 11.5. The number of carbonyl (C=O) groups excluding carboxylic acids is 2. The number of benzene rings is 1. The fourth-order valence-corrected chi connectivity index (χ4v) is 4.92. The summed E-state index contributed by atoms with van der Waals surface area (Å²) in [4.78, 5) is 31.1. The van der Waals surface area contributed by atoms with E-state index in [1.165, 1.54) is 7.11 Å². The number of anilines is 2. The van der Waals surface area contributed by atoms with E-state index in [1.54, 1.807) is 12.4 Å². The zero-order valence-corrected chi connectivity index (χ0v) is 22.3. The van der Waals surface area contributed by atoms with Crippen LogP contribution >= 0.6 is 0 Å². The van der Waals surface area contributed by atoms with E-state index in [4.69, 9.17) is 14.5 Å². The molecule has 0 bridgehead atoms. The normalized spacial score (nSPS) is 15.8. The van der Waals surface area contributed by atoms with Gasteiger partial charge in [-0.15, -0.1) is 0 Å².